The van der Waals surface area contributed by atoms with Gasteiger partial charge in [0.1, 0.15) is 17.5 Å². The van der Waals surface area contributed by atoms with Gasteiger partial charge < -0.3 is 10.1 Å². The maximum Gasteiger partial charge on any atom is 0.188 e. The summed E-state index contributed by atoms with van der Waals surface area (Å²) in [6.45, 7) is 3.78. The zero-order valence-electron chi connectivity index (χ0n) is 12.8. The molecule has 1 aliphatic heterocycles. The predicted molar refractivity (Wildman–Crippen MR) is 85.5 cm³/mol. The number of rotatable bonds is 2. The number of para-hydroxylation sites is 1. The highest BCUT2D eigenvalue weighted by Crippen LogP contribution is 2.33. The largest absolute Gasteiger partial charge is 0.468 e. The first kappa shape index (κ1) is 14.8. The first-order valence-corrected chi connectivity index (χ1v) is 7.17. The summed E-state index contributed by atoms with van der Waals surface area (Å²) in [6.07, 6.45) is 2.99. The highest BCUT2D eigenvalue weighted by atomic mass is 16.5. The van der Waals surface area contributed by atoms with Crippen LogP contribution in [0.25, 0.3) is 5.70 Å². The maximum atomic E-state index is 12.5. The summed E-state index contributed by atoms with van der Waals surface area (Å²) in [7, 11) is 0. The Morgan fingerprint density at radius 2 is 2.13 bits per heavy atom. The molecule has 5 heteroatoms. The third-order valence-corrected chi connectivity index (χ3v) is 3.41. The SMILES string of the molecule is CC1(C)N/C(=C/C(=O)c2ccnc(C#N)c2)c2ccccc2O1. The van der Waals surface area contributed by atoms with Gasteiger partial charge in [0.25, 0.3) is 0 Å². The third-order valence-electron chi connectivity index (χ3n) is 3.41. The van der Waals surface area contributed by atoms with Gasteiger partial charge in [-0.25, -0.2) is 4.98 Å². The van der Waals surface area contributed by atoms with Gasteiger partial charge in [-0.05, 0) is 38.1 Å². The third kappa shape index (κ3) is 3.06. The summed E-state index contributed by atoms with van der Waals surface area (Å²) < 4.78 is 5.86. The Morgan fingerprint density at radius 1 is 1.35 bits per heavy atom. The molecule has 2 heterocycles. The van der Waals surface area contributed by atoms with Crippen molar-refractivity contribution < 1.29 is 9.53 Å². The van der Waals surface area contributed by atoms with Crippen molar-refractivity contribution in [3.05, 3.63) is 65.5 Å². The minimum absolute atomic E-state index is 0.195. The molecule has 0 bridgehead atoms. The average molecular weight is 305 g/mol. The molecule has 2 aromatic rings. The van der Waals surface area contributed by atoms with Crippen LogP contribution >= 0.6 is 0 Å². The van der Waals surface area contributed by atoms with E-state index in [1.165, 1.54) is 18.3 Å². The molecule has 0 spiro atoms. The smallest absolute Gasteiger partial charge is 0.188 e. The number of ether oxygens (including phenoxy) is 1. The van der Waals surface area contributed by atoms with Gasteiger partial charge in [-0.15, -0.1) is 0 Å². The van der Waals surface area contributed by atoms with E-state index in [1.54, 1.807) is 6.07 Å². The number of aromatic nitrogens is 1. The van der Waals surface area contributed by atoms with Crippen molar-refractivity contribution in [3.8, 4) is 11.8 Å². The van der Waals surface area contributed by atoms with Crippen molar-refractivity contribution in [1.29, 1.82) is 5.26 Å². The monoisotopic (exact) mass is 305 g/mol. The van der Waals surface area contributed by atoms with Crippen molar-refractivity contribution in [2.45, 2.75) is 19.6 Å². The molecular weight excluding hydrogens is 290 g/mol. The van der Waals surface area contributed by atoms with Gasteiger partial charge in [-0.3, -0.25) is 4.79 Å². The molecule has 1 aliphatic rings. The highest BCUT2D eigenvalue weighted by molar-refractivity contribution is 6.08. The predicted octanol–water partition coefficient (Wildman–Crippen LogP) is 2.90. The van der Waals surface area contributed by atoms with Gasteiger partial charge in [0, 0.05) is 23.4 Å². The number of nitriles is 1. The first-order valence-electron chi connectivity index (χ1n) is 7.17. The molecule has 1 N–H and O–H groups in total. The van der Waals surface area contributed by atoms with E-state index in [9.17, 15) is 4.79 Å². The van der Waals surface area contributed by atoms with Gasteiger partial charge in [-0.2, -0.15) is 5.26 Å². The molecule has 114 valence electrons. The molecule has 1 aromatic carbocycles. The number of allylic oxidation sites excluding steroid dienone is 1. The molecule has 0 saturated heterocycles. The first-order chi connectivity index (χ1) is 11.0. The fourth-order valence-electron chi connectivity index (χ4n) is 2.44. The summed E-state index contributed by atoms with van der Waals surface area (Å²) in [5, 5.41) is 12.1. The van der Waals surface area contributed by atoms with Crippen molar-refractivity contribution in [2.75, 3.05) is 0 Å². The Kier molecular flexibility index (Phi) is 3.59. The Labute approximate surface area is 134 Å². The van der Waals surface area contributed by atoms with Crippen LogP contribution in [-0.4, -0.2) is 16.5 Å². The van der Waals surface area contributed by atoms with Crippen molar-refractivity contribution >= 4 is 11.5 Å². The number of hydrogen-bond donors (Lipinski definition) is 1. The van der Waals surface area contributed by atoms with Crippen molar-refractivity contribution in [1.82, 2.24) is 10.3 Å². The Hall–Kier alpha value is -3.13. The second-order valence-electron chi connectivity index (χ2n) is 5.70. The molecule has 5 nitrogen and oxygen atoms in total. The van der Waals surface area contributed by atoms with Crippen LogP contribution in [0.3, 0.4) is 0 Å². The second-order valence-corrected chi connectivity index (χ2v) is 5.70. The van der Waals surface area contributed by atoms with E-state index in [2.05, 4.69) is 10.3 Å². The molecule has 0 amide bonds. The van der Waals surface area contributed by atoms with E-state index in [0.717, 1.165) is 11.3 Å². The van der Waals surface area contributed by atoms with Crippen LogP contribution < -0.4 is 10.1 Å². The van der Waals surface area contributed by atoms with Crippen molar-refractivity contribution in [2.24, 2.45) is 0 Å². The highest BCUT2D eigenvalue weighted by Gasteiger charge is 2.29. The van der Waals surface area contributed by atoms with E-state index < -0.39 is 5.72 Å². The Balaban J connectivity index is 2.01. The van der Waals surface area contributed by atoms with E-state index in [1.807, 2.05) is 44.2 Å². The lowest BCUT2D eigenvalue weighted by Crippen LogP contribution is -2.46. The molecular formula is C18H15N3O2. The number of benzene rings is 1. The number of ketones is 1. The molecule has 0 atom stereocenters. The van der Waals surface area contributed by atoms with Gasteiger partial charge in [0.2, 0.25) is 0 Å². The maximum absolute atomic E-state index is 12.5. The van der Waals surface area contributed by atoms with Crippen LogP contribution in [0.15, 0.2) is 48.7 Å². The Bertz CT molecular complexity index is 847. The summed E-state index contributed by atoms with van der Waals surface area (Å²) in [6, 6.07) is 12.6. The molecule has 23 heavy (non-hydrogen) atoms. The van der Waals surface area contributed by atoms with E-state index in [4.69, 9.17) is 10.00 Å². The number of hydrogen-bond acceptors (Lipinski definition) is 5. The minimum Gasteiger partial charge on any atom is -0.468 e. The number of fused-ring (bicyclic) bond motifs is 1. The number of carbonyl (C=O) groups excluding carboxylic acids is 1. The van der Waals surface area contributed by atoms with Crippen LogP contribution in [0, 0.1) is 11.3 Å². The molecule has 0 aliphatic carbocycles. The summed E-state index contributed by atoms with van der Waals surface area (Å²) in [5.41, 5.74) is 1.55. The quantitative estimate of drug-likeness (QED) is 0.682. The standard InChI is InChI=1S/C18H15N3O2/c1-18(2)21-15(14-5-3-4-6-17(14)23-18)10-16(22)12-7-8-20-13(9-12)11-19/h3-10,21H,1-2H3/b15-10+. The van der Waals surface area contributed by atoms with E-state index >= 15 is 0 Å². The van der Waals surface area contributed by atoms with Gasteiger partial charge in [-0.1, -0.05) is 12.1 Å². The molecule has 0 radical (unpaired) electrons. The zero-order chi connectivity index (χ0) is 16.4. The molecule has 0 fully saturated rings. The van der Waals surface area contributed by atoms with Gasteiger partial charge in [0.05, 0.1) is 5.70 Å². The van der Waals surface area contributed by atoms with Crippen molar-refractivity contribution in [3.63, 3.8) is 0 Å². The van der Waals surface area contributed by atoms with Crippen LogP contribution in [0.1, 0.15) is 35.5 Å². The van der Waals surface area contributed by atoms with Crippen LogP contribution in [0.4, 0.5) is 0 Å². The van der Waals surface area contributed by atoms with Crippen LogP contribution in [0.5, 0.6) is 5.75 Å². The van der Waals surface area contributed by atoms with Crippen LogP contribution in [-0.2, 0) is 0 Å². The molecule has 0 saturated carbocycles. The van der Waals surface area contributed by atoms with E-state index in [-0.39, 0.29) is 11.5 Å². The molecule has 3 rings (SSSR count). The normalized spacial score (nSPS) is 16.7. The fourth-order valence-corrected chi connectivity index (χ4v) is 2.44. The summed E-state index contributed by atoms with van der Waals surface area (Å²) >= 11 is 0. The number of nitrogens with zero attached hydrogens (tertiary/aromatic N) is 2. The summed E-state index contributed by atoms with van der Waals surface area (Å²) in [5.74, 6) is 0.529. The average Bonchev–Trinajstić information content (AvgIpc) is 2.53. The second kappa shape index (κ2) is 5.58. The van der Waals surface area contributed by atoms with Gasteiger partial charge in [0.15, 0.2) is 11.5 Å². The van der Waals surface area contributed by atoms with E-state index in [0.29, 0.717) is 11.3 Å². The number of pyridine rings is 1. The minimum atomic E-state index is -0.615. The zero-order valence-corrected chi connectivity index (χ0v) is 12.8. The Morgan fingerprint density at radius 3 is 2.91 bits per heavy atom. The lowest BCUT2D eigenvalue weighted by molar-refractivity contribution is 0.0816. The summed E-state index contributed by atoms with van der Waals surface area (Å²) in [4.78, 5) is 16.4. The topological polar surface area (TPSA) is 75.0 Å². The lowest BCUT2D eigenvalue weighted by Gasteiger charge is -2.36. The number of carbonyl (C=O) groups is 1. The molecule has 1 aromatic heterocycles. The molecule has 0 unspecified atom stereocenters. The lowest BCUT2D eigenvalue weighted by atomic mass is 10.0. The fraction of sp³-hybridized carbons (Fsp3) is 0.167. The number of nitrogens with one attached hydrogen (secondary N) is 1. The van der Waals surface area contributed by atoms with Gasteiger partial charge >= 0.3 is 0 Å². The van der Waals surface area contributed by atoms with Crippen LogP contribution in [0.2, 0.25) is 0 Å².